The van der Waals surface area contributed by atoms with Crippen LogP contribution in [0.15, 0.2) is 42.5 Å². The van der Waals surface area contributed by atoms with Crippen LogP contribution in [-0.2, 0) is 0 Å². The van der Waals surface area contributed by atoms with Gasteiger partial charge in [-0.2, -0.15) is 5.26 Å². The summed E-state index contributed by atoms with van der Waals surface area (Å²) in [5.74, 6) is 0.917. The molecule has 1 atom stereocenters. The number of carbonyl (C=O) groups is 1. The lowest BCUT2D eigenvalue weighted by atomic mass is 9.99. The van der Waals surface area contributed by atoms with Crippen molar-refractivity contribution in [1.29, 1.82) is 5.26 Å². The van der Waals surface area contributed by atoms with E-state index in [2.05, 4.69) is 6.07 Å². The van der Waals surface area contributed by atoms with Crippen molar-refractivity contribution in [3.05, 3.63) is 58.6 Å². The summed E-state index contributed by atoms with van der Waals surface area (Å²) in [6.45, 7) is 7.39. The van der Waals surface area contributed by atoms with Crippen LogP contribution in [-0.4, -0.2) is 21.6 Å². The van der Waals surface area contributed by atoms with Crippen LogP contribution in [0, 0.1) is 11.3 Å². The zero-order valence-electron chi connectivity index (χ0n) is 15.2. The molecule has 2 rings (SSSR count). The smallest absolute Gasteiger partial charge is 0.408 e. The van der Waals surface area contributed by atoms with E-state index in [9.17, 15) is 15.2 Å². The Morgan fingerprint density at radius 3 is 2.54 bits per heavy atom. The number of hydrogen-bond acceptors (Lipinski definition) is 3. The first-order chi connectivity index (χ1) is 12.1. The topological polar surface area (TPSA) is 73.6 Å². The van der Waals surface area contributed by atoms with Crippen LogP contribution in [0.2, 0.25) is 5.02 Å². The van der Waals surface area contributed by atoms with E-state index in [0.717, 1.165) is 5.56 Å². The van der Waals surface area contributed by atoms with Gasteiger partial charge >= 0.3 is 6.09 Å². The molecule has 0 aliphatic carbocycles. The van der Waals surface area contributed by atoms with Gasteiger partial charge in [0, 0.05) is 10.6 Å². The summed E-state index contributed by atoms with van der Waals surface area (Å²) in [6.07, 6.45) is -0.985. The summed E-state index contributed by atoms with van der Waals surface area (Å²) in [4.78, 5) is 13.1. The highest BCUT2D eigenvalue weighted by Crippen LogP contribution is 2.32. The van der Waals surface area contributed by atoms with E-state index in [1.54, 1.807) is 30.3 Å². The van der Waals surface area contributed by atoms with Crippen molar-refractivity contribution < 1.29 is 14.6 Å². The summed E-state index contributed by atoms with van der Waals surface area (Å²) in [5, 5.41) is 19.3. The van der Waals surface area contributed by atoms with Crippen LogP contribution in [0.5, 0.6) is 11.5 Å². The molecule has 1 N–H and O–H groups in total. The molecule has 1 amide bonds. The molecule has 6 heteroatoms. The second-order valence-corrected chi connectivity index (χ2v) is 7.36. The number of rotatable bonds is 4. The SMILES string of the molecule is CC(c1cccc(Oc2ccc(Cl)cc2C#N)c1)N(C(=O)O)C(C)(C)C. The molecule has 136 valence electrons. The minimum Gasteiger partial charge on any atom is -0.465 e. The average molecular weight is 373 g/mol. The number of ether oxygens (including phenoxy) is 1. The zero-order chi connectivity index (χ0) is 19.5. The molecule has 0 bridgehead atoms. The fourth-order valence-electron chi connectivity index (χ4n) is 2.83. The normalized spacial score (nSPS) is 12.2. The lowest BCUT2D eigenvalue weighted by molar-refractivity contribution is 0.0752. The highest BCUT2D eigenvalue weighted by atomic mass is 35.5. The van der Waals surface area contributed by atoms with Crippen molar-refractivity contribution in [2.24, 2.45) is 0 Å². The second kappa shape index (κ2) is 7.67. The molecule has 1 unspecified atom stereocenters. The summed E-state index contributed by atoms with van der Waals surface area (Å²) >= 11 is 5.90. The van der Waals surface area contributed by atoms with E-state index in [1.807, 2.05) is 33.8 Å². The van der Waals surface area contributed by atoms with E-state index in [0.29, 0.717) is 22.1 Å². The van der Waals surface area contributed by atoms with Gasteiger partial charge in [0.25, 0.3) is 0 Å². The number of nitrogens with zero attached hydrogens (tertiary/aromatic N) is 2. The summed E-state index contributed by atoms with van der Waals surface area (Å²) in [7, 11) is 0. The maximum absolute atomic E-state index is 11.7. The van der Waals surface area contributed by atoms with Gasteiger partial charge in [0.1, 0.15) is 17.6 Å². The first-order valence-corrected chi connectivity index (χ1v) is 8.51. The highest BCUT2D eigenvalue weighted by Gasteiger charge is 2.31. The molecule has 0 saturated heterocycles. The van der Waals surface area contributed by atoms with Crippen LogP contribution in [0.3, 0.4) is 0 Å². The van der Waals surface area contributed by atoms with Crippen molar-refractivity contribution >= 4 is 17.7 Å². The summed E-state index contributed by atoms with van der Waals surface area (Å²) < 4.78 is 5.82. The van der Waals surface area contributed by atoms with Gasteiger partial charge in [0.05, 0.1) is 11.6 Å². The van der Waals surface area contributed by atoms with E-state index in [4.69, 9.17) is 16.3 Å². The molecule has 0 saturated carbocycles. The minimum absolute atomic E-state index is 0.331. The van der Waals surface area contributed by atoms with Gasteiger partial charge in [-0.15, -0.1) is 0 Å². The fraction of sp³-hybridized carbons (Fsp3) is 0.300. The average Bonchev–Trinajstić information content (AvgIpc) is 2.55. The van der Waals surface area contributed by atoms with Gasteiger partial charge in [-0.25, -0.2) is 4.79 Å². The Kier molecular flexibility index (Phi) is 5.79. The third-order valence-electron chi connectivity index (χ3n) is 3.95. The predicted octanol–water partition coefficient (Wildman–Crippen LogP) is 5.84. The molecule has 0 fully saturated rings. The van der Waals surface area contributed by atoms with Gasteiger partial charge in [0.15, 0.2) is 0 Å². The summed E-state index contributed by atoms with van der Waals surface area (Å²) in [6, 6.07) is 13.7. The molecule has 5 nitrogen and oxygen atoms in total. The molecule has 0 radical (unpaired) electrons. The van der Waals surface area contributed by atoms with Crippen molar-refractivity contribution in [3.8, 4) is 17.6 Å². The lowest BCUT2D eigenvalue weighted by Gasteiger charge is -2.38. The lowest BCUT2D eigenvalue weighted by Crippen LogP contribution is -2.46. The zero-order valence-corrected chi connectivity index (χ0v) is 15.9. The fourth-order valence-corrected chi connectivity index (χ4v) is 3.00. The predicted molar refractivity (Wildman–Crippen MR) is 101 cm³/mol. The number of nitriles is 1. The number of halogens is 1. The van der Waals surface area contributed by atoms with Crippen molar-refractivity contribution in [1.82, 2.24) is 4.90 Å². The molecular formula is C20H21ClN2O3. The Morgan fingerprint density at radius 2 is 1.96 bits per heavy atom. The van der Waals surface area contributed by atoms with E-state index >= 15 is 0 Å². The third kappa shape index (κ3) is 4.47. The van der Waals surface area contributed by atoms with Crippen LogP contribution >= 0.6 is 11.6 Å². The molecule has 2 aromatic carbocycles. The molecule has 26 heavy (non-hydrogen) atoms. The molecular weight excluding hydrogens is 352 g/mol. The van der Waals surface area contributed by atoms with Crippen molar-refractivity contribution in [2.45, 2.75) is 39.3 Å². The van der Waals surface area contributed by atoms with Crippen molar-refractivity contribution in [3.63, 3.8) is 0 Å². The molecule has 2 aromatic rings. The van der Waals surface area contributed by atoms with E-state index in [-0.39, 0.29) is 6.04 Å². The van der Waals surface area contributed by atoms with E-state index < -0.39 is 11.6 Å². The summed E-state index contributed by atoms with van der Waals surface area (Å²) in [5.41, 5.74) is 0.580. The molecule has 0 aromatic heterocycles. The van der Waals surface area contributed by atoms with Crippen LogP contribution in [0.4, 0.5) is 4.79 Å². The van der Waals surface area contributed by atoms with Gasteiger partial charge in [-0.05, 0) is 63.6 Å². The minimum atomic E-state index is -0.985. The number of benzene rings is 2. The second-order valence-electron chi connectivity index (χ2n) is 6.93. The van der Waals surface area contributed by atoms with Gasteiger partial charge in [0.2, 0.25) is 0 Å². The first kappa shape index (κ1) is 19.6. The van der Waals surface area contributed by atoms with Crippen molar-refractivity contribution in [2.75, 3.05) is 0 Å². The molecule has 0 aliphatic rings. The number of carboxylic acid groups (broad SMARTS) is 1. The van der Waals surface area contributed by atoms with Crippen LogP contribution in [0.1, 0.15) is 44.9 Å². The van der Waals surface area contributed by atoms with Crippen LogP contribution < -0.4 is 4.74 Å². The van der Waals surface area contributed by atoms with Crippen LogP contribution in [0.25, 0.3) is 0 Å². The first-order valence-electron chi connectivity index (χ1n) is 8.13. The van der Waals surface area contributed by atoms with E-state index in [1.165, 1.54) is 11.0 Å². The third-order valence-corrected chi connectivity index (χ3v) is 4.18. The molecule has 0 spiro atoms. The quantitative estimate of drug-likeness (QED) is 0.731. The molecule has 0 heterocycles. The maximum Gasteiger partial charge on any atom is 0.408 e. The maximum atomic E-state index is 11.7. The highest BCUT2D eigenvalue weighted by molar-refractivity contribution is 6.30. The Balaban J connectivity index is 2.34. The number of amides is 1. The Morgan fingerprint density at radius 1 is 1.27 bits per heavy atom. The Bertz CT molecular complexity index is 853. The number of hydrogen-bond donors (Lipinski definition) is 1. The Labute approximate surface area is 158 Å². The standard InChI is InChI=1S/C20H21ClN2O3/c1-13(23(19(24)25)20(2,3)4)14-6-5-7-17(11-14)26-18-9-8-16(21)10-15(18)12-22/h5-11,13H,1-4H3,(H,24,25). The van der Waals surface area contributed by atoms with Gasteiger partial charge in [-0.3, -0.25) is 4.90 Å². The molecule has 0 aliphatic heterocycles. The monoisotopic (exact) mass is 372 g/mol. The van der Waals surface area contributed by atoms with Gasteiger partial charge in [-0.1, -0.05) is 23.7 Å². The Hall–Kier alpha value is -2.71. The largest absolute Gasteiger partial charge is 0.465 e. The van der Waals surface area contributed by atoms with Gasteiger partial charge < -0.3 is 9.84 Å².